The van der Waals surface area contributed by atoms with Crippen molar-refractivity contribution >= 4 is 0 Å². The van der Waals surface area contributed by atoms with Gasteiger partial charge >= 0.3 is 0 Å². The van der Waals surface area contributed by atoms with E-state index in [1.165, 1.54) is 17.3 Å². The number of hydrogen-bond donors (Lipinski definition) is 1. The Morgan fingerprint density at radius 2 is 2.11 bits per heavy atom. The van der Waals surface area contributed by atoms with Gasteiger partial charge in [0.1, 0.15) is 24.2 Å². The number of benzene rings is 1. The molecule has 4 rings (SSSR count). The largest absolute Gasteiger partial charge is 0.381 e. The van der Waals surface area contributed by atoms with Crippen LogP contribution in [-0.4, -0.2) is 71.8 Å². The molecule has 0 spiro atoms. The third-order valence-corrected chi connectivity index (χ3v) is 5.38. The lowest BCUT2D eigenvalue weighted by Gasteiger charge is -2.37. The molecule has 7 nitrogen and oxygen atoms in total. The highest BCUT2D eigenvalue weighted by atomic mass is 19.1. The Morgan fingerprint density at radius 3 is 2.81 bits per heavy atom. The summed E-state index contributed by atoms with van der Waals surface area (Å²) in [5.41, 5.74) is 1.32. The molecule has 2 atom stereocenters. The van der Waals surface area contributed by atoms with Gasteiger partial charge in [0.25, 0.3) is 0 Å². The normalized spacial score (nSPS) is 22.2. The Bertz CT molecular complexity index is 715. The molecule has 2 aliphatic rings. The third-order valence-electron chi connectivity index (χ3n) is 5.38. The first kappa shape index (κ1) is 18.5. The van der Waals surface area contributed by atoms with Crippen molar-refractivity contribution in [3.05, 3.63) is 42.2 Å². The summed E-state index contributed by atoms with van der Waals surface area (Å²) in [4.78, 5) is 6.37. The van der Waals surface area contributed by atoms with E-state index in [0.29, 0.717) is 24.2 Å². The van der Waals surface area contributed by atoms with E-state index in [4.69, 9.17) is 9.47 Å². The van der Waals surface area contributed by atoms with Crippen LogP contribution in [0, 0.1) is 11.7 Å². The second-order valence-electron chi connectivity index (χ2n) is 7.10. The Labute approximate surface area is 158 Å². The summed E-state index contributed by atoms with van der Waals surface area (Å²) in [6.45, 7) is 6.67. The first-order valence-electron chi connectivity index (χ1n) is 9.55. The molecular weight excluding hydrogens is 349 g/mol. The maximum absolute atomic E-state index is 14.4. The zero-order valence-electron chi connectivity index (χ0n) is 15.4. The smallest absolute Gasteiger partial charge is 0.149 e. The molecule has 146 valence electrons. The number of halogens is 1. The van der Waals surface area contributed by atoms with Crippen LogP contribution in [0.25, 0.3) is 5.69 Å². The molecule has 27 heavy (non-hydrogen) atoms. The molecule has 1 aromatic carbocycles. The monoisotopic (exact) mass is 375 g/mol. The van der Waals surface area contributed by atoms with Crippen molar-refractivity contribution in [3.8, 4) is 5.69 Å². The van der Waals surface area contributed by atoms with E-state index in [2.05, 4.69) is 20.3 Å². The van der Waals surface area contributed by atoms with Gasteiger partial charge in [-0.15, -0.1) is 0 Å². The van der Waals surface area contributed by atoms with Crippen LogP contribution in [-0.2, 0) is 16.0 Å². The van der Waals surface area contributed by atoms with Gasteiger partial charge in [0.05, 0.1) is 19.8 Å². The molecule has 0 bridgehead atoms. The lowest BCUT2D eigenvalue weighted by molar-refractivity contribution is 0.00137. The summed E-state index contributed by atoms with van der Waals surface area (Å²) >= 11 is 0. The van der Waals surface area contributed by atoms with Gasteiger partial charge in [0, 0.05) is 44.7 Å². The molecule has 3 heterocycles. The fourth-order valence-electron chi connectivity index (χ4n) is 3.90. The summed E-state index contributed by atoms with van der Waals surface area (Å²) < 4.78 is 26.9. The summed E-state index contributed by atoms with van der Waals surface area (Å²) in [5, 5.41) is 7.50. The third kappa shape index (κ3) is 4.52. The van der Waals surface area contributed by atoms with Gasteiger partial charge in [-0.05, 0) is 24.1 Å². The van der Waals surface area contributed by atoms with E-state index in [1.54, 1.807) is 12.1 Å². The highest BCUT2D eigenvalue weighted by Gasteiger charge is 2.31. The first-order valence-corrected chi connectivity index (χ1v) is 9.55. The molecule has 0 aliphatic carbocycles. The van der Waals surface area contributed by atoms with Crippen molar-refractivity contribution in [2.24, 2.45) is 5.92 Å². The standard InChI is InChI=1S/C19H26FN5O2/c20-17-9-15(1-2-18(17)25-14-22-13-23-25)10-21-11-19(16-3-6-27-12-16)24-4-7-26-8-5-24/h1-2,9,13-14,16,19,21H,3-8,10-12H2/t16-,19-/m1/s1. The number of aromatic nitrogens is 3. The average molecular weight is 375 g/mol. The average Bonchev–Trinajstić information content (AvgIpc) is 3.40. The van der Waals surface area contributed by atoms with Crippen molar-refractivity contribution in [1.29, 1.82) is 0 Å². The van der Waals surface area contributed by atoms with E-state index in [1.807, 2.05) is 6.07 Å². The lowest BCUT2D eigenvalue weighted by Crippen LogP contribution is -2.51. The Hall–Kier alpha value is -1.87. The van der Waals surface area contributed by atoms with Crippen molar-refractivity contribution < 1.29 is 13.9 Å². The Kier molecular flexibility index (Phi) is 6.08. The van der Waals surface area contributed by atoms with Crippen LogP contribution in [0.15, 0.2) is 30.9 Å². The Morgan fingerprint density at radius 1 is 1.22 bits per heavy atom. The second kappa shape index (κ2) is 8.88. The maximum Gasteiger partial charge on any atom is 0.149 e. The van der Waals surface area contributed by atoms with Gasteiger partial charge in [-0.25, -0.2) is 14.1 Å². The SMILES string of the molecule is Fc1cc(CNC[C@H]([C@@H]2CCOC2)N2CCOCC2)ccc1-n1cncn1. The van der Waals surface area contributed by atoms with E-state index >= 15 is 0 Å². The highest BCUT2D eigenvalue weighted by Crippen LogP contribution is 2.22. The van der Waals surface area contributed by atoms with Crippen LogP contribution in [0.1, 0.15) is 12.0 Å². The maximum atomic E-state index is 14.4. The van der Waals surface area contributed by atoms with Crippen molar-refractivity contribution in [2.45, 2.75) is 19.0 Å². The summed E-state index contributed by atoms with van der Waals surface area (Å²) in [6, 6.07) is 5.66. The second-order valence-corrected chi connectivity index (χ2v) is 7.10. The number of nitrogens with one attached hydrogen (secondary N) is 1. The van der Waals surface area contributed by atoms with Gasteiger partial charge in [0.15, 0.2) is 0 Å². The predicted molar refractivity (Wildman–Crippen MR) is 98.1 cm³/mol. The molecule has 2 fully saturated rings. The summed E-state index contributed by atoms with van der Waals surface area (Å²) in [7, 11) is 0. The highest BCUT2D eigenvalue weighted by molar-refractivity contribution is 5.35. The molecule has 0 saturated carbocycles. The number of rotatable bonds is 7. The van der Waals surface area contributed by atoms with Gasteiger partial charge in [0.2, 0.25) is 0 Å². The number of ether oxygens (including phenoxy) is 2. The van der Waals surface area contributed by atoms with Gasteiger partial charge in [-0.1, -0.05) is 6.07 Å². The minimum atomic E-state index is -0.297. The van der Waals surface area contributed by atoms with Gasteiger partial charge in [-0.3, -0.25) is 4.90 Å². The molecule has 0 amide bonds. The molecule has 0 radical (unpaired) electrons. The zero-order valence-corrected chi connectivity index (χ0v) is 15.4. The number of nitrogens with zero attached hydrogens (tertiary/aromatic N) is 4. The topological polar surface area (TPSA) is 64.4 Å². The van der Waals surface area contributed by atoms with Crippen LogP contribution in [0.4, 0.5) is 4.39 Å². The van der Waals surface area contributed by atoms with Crippen molar-refractivity contribution in [2.75, 3.05) is 46.1 Å². The van der Waals surface area contributed by atoms with E-state index in [9.17, 15) is 4.39 Å². The number of hydrogen-bond acceptors (Lipinski definition) is 6. The molecule has 1 N–H and O–H groups in total. The minimum absolute atomic E-state index is 0.297. The van der Waals surface area contributed by atoms with Crippen molar-refractivity contribution in [1.82, 2.24) is 25.0 Å². The van der Waals surface area contributed by atoms with Crippen LogP contribution < -0.4 is 5.32 Å². The molecule has 2 saturated heterocycles. The molecule has 0 unspecified atom stereocenters. The van der Waals surface area contributed by atoms with Crippen LogP contribution in [0.2, 0.25) is 0 Å². The zero-order chi connectivity index (χ0) is 18.5. The van der Waals surface area contributed by atoms with Crippen molar-refractivity contribution in [3.63, 3.8) is 0 Å². The number of morpholine rings is 1. The fraction of sp³-hybridized carbons (Fsp3) is 0.579. The van der Waals surface area contributed by atoms with Crippen LogP contribution in [0.5, 0.6) is 0 Å². The fourth-order valence-corrected chi connectivity index (χ4v) is 3.90. The first-order chi connectivity index (χ1) is 13.3. The quantitative estimate of drug-likeness (QED) is 0.786. The Balaban J connectivity index is 1.36. The lowest BCUT2D eigenvalue weighted by atomic mass is 9.96. The van der Waals surface area contributed by atoms with Crippen LogP contribution >= 0.6 is 0 Å². The van der Waals surface area contributed by atoms with Crippen LogP contribution in [0.3, 0.4) is 0 Å². The molecule has 1 aromatic heterocycles. The van der Waals surface area contributed by atoms with E-state index in [-0.39, 0.29) is 5.82 Å². The predicted octanol–water partition coefficient (Wildman–Crippen LogP) is 1.23. The van der Waals surface area contributed by atoms with E-state index in [0.717, 1.165) is 58.0 Å². The summed E-state index contributed by atoms with van der Waals surface area (Å²) in [6.07, 6.45) is 3.99. The molecular formula is C19H26FN5O2. The minimum Gasteiger partial charge on any atom is -0.381 e. The molecule has 2 aromatic rings. The molecule has 2 aliphatic heterocycles. The van der Waals surface area contributed by atoms with Gasteiger partial charge in [-0.2, -0.15) is 5.10 Å². The molecule has 8 heteroatoms. The van der Waals surface area contributed by atoms with E-state index < -0.39 is 0 Å². The van der Waals surface area contributed by atoms with Gasteiger partial charge < -0.3 is 14.8 Å². The summed E-state index contributed by atoms with van der Waals surface area (Å²) in [5.74, 6) is 0.246.